The number of hydrogen-bond acceptors (Lipinski definition) is 3. The Balaban J connectivity index is 2.27. The van der Waals surface area contributed by atoms with Gasteiger partial charge in [0.25, 0.3) is 0 Å². The van der Waals surface area contributed by atoms with E-state index in [1.807, 2.05) is 5.10 Å². The van der Waals surface area contributed by atoms with Gasteiger partial charge in [-0.1, -0.05) is 0 Å². The van der Waals surface area contributed by atoms with Gasteiger partial charge < -0.3 is 4.90 Å². The topological polar surface area (TPSA) is 53.4 Å². The van der Waals surface area contributed by atoms with Gasteiger partial charge in [0.1, 0.15) is 13.1 Å². The average molecular weight is 432 g/mol. The highest BCUT2D eigenvalue weighted by Gasteiger charge is 2.38. The van der Waals surface area contributed by atoms with Gasteiger partial charge in [0.05, 0.1) is 11.1 Å². The van der Waals surface area contributed by atoms with Crippen LogP contribution in [0.2, 0.25) is 0 Å². The molecule has 3 rings (SSSR count). The maximum atomic E-state index is 13.4. The SMILES string of the molecule is O=c1[nH]nc2cc(C(F)(F)F)c3cc(N(CC(F)(F)F)CC(F)(F)F)ccc3n12. The van der Waals surface area contributed by atoms with Crippen LogP contribution in [0.1, 0.15) is 5.56 Å². The molecule has 2 heterocycles. The van der Waals surface area contributed by atoms with E-state index in [1.165, 1.54) is 0 Å². The van der Waals surface area contributed by atoms with Crippen molar-refractivity contribution in [3.63, 3.8) is 0 Å². The summed E-state index contributed by atoms with van der Waals surface area (Å²) in [5, 5.41) is 4.59. The van der Waals surface area contributed by atoms with Gasteiger partial charge in [-0.2, -0.15) is 44.6 Å². The van der Waals surface area contributed by atoms with Gasteiger partial charge in [0.15, 0.2) is 5.65 Å². The second-order valence-corrected chi connectivity index (χ2v) is 6.07. The Hall–Kier alpha value is -2.93. The first kappa shape index (κ1) is 20.8. The van der Waals surface area contributed by atoms with Crippen LogP contribution in [-0.4, -0.2) is 40.0 Å². The fraction of sp³-hybridized carbons (Fsp3) is 0.333. The zero-order chi connectivity index (χ0) is 21.8. The van der Waals surface area contributed by atoms with Gasteiger partial charge in [-0.15, -0.1) is 0 Å². The molecular weight excluding hydrogens is 423 g/mol. The van der Waals surface area contributed by atoms with Crippen molar-refractivity contribution in [3.8, 4) is 0 Å². The molecule has 0 radical (unpaired) electrons. The fourth-order valence-electron chi connectivity index (χ4n) is 2.88. The van der Waals surface area contributed by atoms with Crippen LogP contribution in [0.15, 0.2) is 29.1 Å². The summed E-state index contributed by atoms with van der Waals surface area (Å²) in [5.41, 5.74) is -3.82. The summed E-state index contributed by atoms with van der Waals surface area (Å²) in [4.78, 5) is 11.7. The van der Waals surface area contributed by atoms with E-state index in [-0.39, 0.29) is 10.4 Å². The van der Waals surface area contributed by atoms with E-state index in [0.717, 1.165) is 16.5 Å². The Kier molecular flexibility index (Phi) is 4.70. The standard InChI is InChI=1S/C15H9F9N4O/c16-13(17,18)5-27(6-14(19,20)21)7-1-2-10-8(3-7)9(15(22,23)24)4-11-25-26-12(29)28(10)11/h1-4H,5-6H2,(H,26,29). The highest BCUT2D eigenvalue weighted by molar-refractivity contribution is 5.89. The summed E-state index contributed by atoms with van der Waals surface area (Å²) in [6.45, 7) is -4.07. The number of nitrogens with one attached hydrogen (secondary N) is 1. The molecule has 0 saturated carbocycles. The maximum Gasteiger partial charge on any atom is 0.417 e. The molecule has 0 amide bonds. The van der Waals surface area contributed by atoms with Crippen molar-refractivity contribution in [3.05, 3.63) is 40.3 Å². The molecule has 0 unspecified atom stereocenters. The third-order valence-electron chi connectivity index (χ3n) is 3.89. The summed E-state index contributed by atoms with van der Waals surface area (Å²) in [5.74, 6) is 0. The van der Waals surface area contributed by atoms with Crippen molar-refractivity contribution in [2.24, 2.45) is 0 Å². The van der Waals surface area contributed by atoms with Crippen molar-refractivity contribution < 1.29 is 39.5 Å². The van der Waals surface area contributed by atoms with Crippen molar-refractivity contribution in [2.75, 3.05) is 18.0 Å². The van der Waals surface area contributed by atoms with Crippen LogP contribution in [0.5, 0.6) is 0 Å². The predicted molar refractivity (Wildman–Crippen MR) is 82.6 cm³/mol. The fourth-order valence-corrected chi connectivity index (χ4v) is 2.88. The monoisotopic (exact) mass is 432 g/mol. The van der Waals surface area contributed by atoms with Crippen LogP contribution >= 0.6 is 0 Å². The quantitative estimate of drug-likeness (QED) is 0.634. The van der Waals surface area contributed by atoms with Gasteiger partial charge in [0.2, 0.25) is 0 Å². The number of benzene rings is 1. The maximum absolute atomic E-state index is 13.4. The molecule has 0 atom stereocenters. The zero-order valence-corrected chi connectivity index (χ0v) is 13.9. The minimum atomic E-state index is -5.04. The number of anilines is 1. The van der Waals surface area contributed by atoms with Gasteiger partial charge in [0, 0.05) is 11.1 Å². The van der Waals surface area contributed by atoms with Crippen LogP contribution in [0.25, 0.3) is 16.6 Å². The third-order valence-corrected chi connectivity index (χ3v) is 3.89. The highest BCUT2D eigenvalue weighted by Crippen LogP contribution is 2.37. The number of fused-ring (bicyclic) bond motifs is 3. The number of pyridine rings is 1. The normalized spacial score (nSPS) is 13.4. The first-order chi connectivity index (χ1) is 13.2. The van der Waals surface area contributed by atoms with Crippen LogP contribution in [0.4, 0.5) is 45.2 Å². The lowest BCUT2D eigenvalue weighted by molar-refractivity contribution is -0.138. The molecule has 0 bridgehead atoms. The lowest BCUT2D eigenvalue weighted by Crippen LogP contribution is -2.40. The molecule has 1 aromatic carbocycles. The van der Waals surface area contributed by atoms with Gasteiger partial charge in [-0.05, 0) is 24.3 Å². The Morgan fingerprint density at radius 1 is 0.931 bits per heavy atom. The van der Waals surface area contributed by atoms with Crippen LogP contribution in [0.3, 0.4) is 0 Å². The summed E-state index contributed by atoms with van der Waals surface area (Å²) >= 11 is 0. The van der Waals surface area contributed by atoms with Crippen molar-refractivity contribution >= 4 is 22.2 Å². The molecule has 2 aromatic heterocycles. The smallest absolute Gasteiger partial charge is 0.353 e. The van der Waals surface area contributed by atoms with Crippen molar-refractivity contribution in [1.82, 2.24) is 14.6 Å². The molecular formula is C15H9F9N4O. The highest BCUT2D eigenvalue weighted by atomic mass is 19.4. The van der Waals surface area contributed by atoms with E-state index in [1.54, 1.807) is 0 Å². The minimum Gasteiger partial charge on any atom is -0.353 e. The molecule has 3 aromatic rings. The summed E-state index contributed by atoms with van der Waals surface area (Å²) in [6.07, 6.45) is -15.1. The molecule has 14 heteroatoms. The van der Waals surface area contributed by atoms with Crippen LogP contribution in [-0.2, 0) is 6.18 Å². The zero-order valence-electron chi connectivity index (χ0n) is 13.9. The van der Waals surface area contributed by atoms with Crippen LogP contribution in [0, 0.1) is 0 Å². The molecule has 0 aliphatic carbocycles. The second-order valence-electron chi connectivity index (χ2n) is 6.07. The number of rotatable bonds is 3. The Morgan fingerprint density at radius 3 is 2.03 bits per heavy atom. The number of nitrogens with zero attached hydrogens (tertiary/aromatic N) is 3. The minimum absolute atomic E-state index is 0.137. The molecule has 5 nitrogen and oxygen atoms in total. The first-order valence-corrected chi connectivity index (χ1v) is 7.65. The van der Waals surface area contributed by atoms with E-state index in [2.05, 4.69) is 5.10 Å². The first-order valence-electron chi connectivity index (χ1n) is 7.65. The van der Waals surface area contributed by atoms with Crippen molar-refractivity contribution in [2.45, 2.75) is 18.5 Å². The Labute approximate surface area is 154 Å². The number of hydrogen-bond donors (Lipinski definition) is 1. The van der Waals surface area contributed by atoms with E-state index >= 15 is 0 Å². The number of aromatic nitrogens is 3. The molecule has 0 aliphatic rings. The molecule has 0 aliphatic heterocycles. The average Bonchev–Trinajstić information content (AvgIpc) is 2.91. The molecule has 0 fully saturated rings. The molecule has 1 N–H and O–H groups in total. The van der Waals surface area contributed by atoms with Gasteiger partial charge in [-0.25, -0.2) is 14.3 Å². The Morgan fingerprint density at radius 2 is 1.52 bits per heavy atom. The largest absolute Gasteiger partial charge is 0.417 e. The number of halogens is 9. The second kappa shape index (κ2) is 6.56. The lowest BCUT2D eigenvalue weighted by atomic mass is 10.1. The molecule has 158 valence electrons. The predicted octanol–water partition coefficient (Wildman–Crippen LogP) is 4.13. The van der Waals surface area contributed by atoms with E-state index in [0.29, 0.717) is 12.1 Å². The molecule has 29 heavy (non-hydrogen) atoms. The van der Waals surface area contributed by atoms with E-state index in [4.69, 9.17) is 0 Å². The number of aromatic amines is 1. The lowest BCUT2D eigenvalue weighted by Gasteiger charge is -2.27. The summed E-state index contributed by atoms with van der Waals surface area (Å²) in [6, 6.07) is 2.62. The van der Waals surface area contributed by atoms with Crippen LogP contribution < -0.4 is 10.6 Å². The summed E-state index contributed by atoms with van der Waals surface area (Å²) in [7, 11) is 0. The third kappa shape index (κ3) is 4.40. The summed E-state index contributed by atoms with van der Waals surface area (Å²) < 4.78 is 117. The number of H-pyrrole nitrogens is 1. The Bertz CT molecular complexity index is 1090. The molecule has 0 spiro atoms. The van der Waals surface area contributed by atoms with E-state index < -0.39 is 59.6 Å². The van der Waals surface area contributed by atoms with Gasteiger partial charge >= 0.3 is 24.2 Å². The molecule has 0 saturated heterocycles. The van der Waals surface area contributed by atoms with E-state index in [9.17, 15) is 44.3 Å². The van der Waals surface area contributed by atoms with Crippen molar-refractivity contribution in [1.29, 1.82) is 0 Å². The van der Waals surface area contributed by atoms with Gasteiger partial charge in [-0.3, -0.25) is 0 Å². The number of alkyl halides is 9.